The van der Waals surface area contributed by atoms with Crippen LogP contribution in [0.1, 0.15) is 25.7 Å². The Kier molecular flexibility index (Phi) is 3.70. The molecule has 2 unspecified atom stereocenters. The molecule has 0 heterocycles. The molecule has 0 saturated heterocycles. The first-order chi connectivity index (χ1) is 6.03. The summed E-state index contributed by atoms with van der Waals surface area (Å²) < 4.78 is 24.5. The summed E-state index contributed by atoms with van der Waals surface area (Å²) in [5.74, 6) is 0.100. The lowest BCUT2D eigenvalue weighted by Gasteiger charge is -2.29. The van der Waals surface area contributed by atoms with Crippen LogP contribution in [0.5, 0.6) is 0 Å². The summed E-state index contributed by atoms with van der Waals surface area (Å²) in [6.45, 7) is 0.0766. The van der Waals surface area contributed by atoms with Crippen molar-refractivity contribution in [3.8, 4) is 0 Å². The van der Waals surface area contributed by atoms with Gasteiger partial charge in [0, 0.05) is 12.6 Å². The summed E-state index contributed by atoms with van der Waals surface area (Å²) in [5.41, 5.74) is 0. The van der Waals surface area contributed by atoms with Crippen molar-refractivity contribution in [1.82, 2.24) is 4.72 Å². The van der Waals surface area contributed by atoms with Crippen LogP contribution >= 0.6 is 0 Å². The van der Waals surface area contributed by atoms with Crippen LogP contribution in [0.2, 0.25) is 0 Å². The first-order valence-corrected chi connectivity index (χ1v) is 6.50. The number of aliphatic hydroxyl groups is 1. The lowest BCUT2D eigenvalue weighted by atomic mass is 9.86. The molecule has 2 N–H and O–H groups in total. The molecule has 0 aromatic heterocycles. The maximum atomic E-state index is 11.0. The number of sulfonamides is 1. The molecule has 1 saturated carbocycles. The van der Waals surface area contributed by atoms with Crippen molar-refractivity contribution < 1.29 is 13.5 Å². The van der Waals surface area contributed by atoms with Gasteiger partial charge in [-0.05, 0) is 18.8 Å². The summed E-state index contributed by atoms with van der Waals surface area (Å²) in [4.78, 5) is 0. The predicted molar refractivity (Wildman–Crippen MR) is 50.8 cm³/mol. The van der Waals surface area contributed by atoms with Crippen molar-refractivity contribution >= 4 is 10.0 Å². The fourth-order valence-electron chi connectivity index (χ4n) is 1.86. The van der Waals surface area contributed by atoms with Gasteiger partial charge in [0.15, 0.2) is 0 Å². The van der Waals surface area contributed by atoms with Crippen molar-refractivity contribution in [3.05, 3.63) is 0 Å². The van der Waals surface area contributed by atoms with E-state index in [0.29, 0.717) is 0 Å². The zero-order valence-electron chi connectivity index (χ0n) is 7.86. The zero-order chi connectivity index (χ0) is 9.90. The molecular weight excluding hydrogens is 190 g/mol. The standard InChI is InChI=1S/C8H17NO3S/c1-13(11,12)9-8-5-3-2-4-7(8)6-10/h7-10H,2-6H2,1H3. The molecule has 0 spiro atoms. The van der Waals surface area contributed by atoms with E-state index < -0.39 is 10.0 Å². The molecular formula is C8H17NO3S. The Morgan fingerprint density at radius 3 is 2.54 bits per heavy atom. The van der Waals surface area contributed by atoms with Crippen LogP contribution in [0, 0.1) is 5.92 Å². The molecule has 1 aliphatic carbocycles. The molecule has 1 fully saturated rings. The van der Waals surface area contributed by atoms with E-state index in [1.165, 1.54) is 0 Å². The van der Waals surface area contributed by atoms with Gasteiger partial charge in [-0.15, -0.1) is 0 Å². The first kappa shape index (κ1) is 10.9. The number of hydrogen-bond acceptors (Lipinski definition) is 3. The minimum Gasteiger partial charge on any atom is -0.396 e. The van der Waals surface area contributed by atoms with Gasteiger partial charge in [-0.25, -0.2) is 13.1 Å². The Morgan fingerprint density at radius 1 is 1.38 bits per heavy atom. The fraction of sp³-hybridized carbons (Fsp3) is 1.00. The summed E-state index contributed by atoms with van der Waals surface area (Å²) >= 11 is 0. The highest BCUT2D eigenvalue weighted by Crippen LogP contribution is 2.24. The van der Waals surface area contributed by atoms with Crippen LogP contribution in [0.4, 0.5) is 0 Å². The topological polar surface area (TPSA) is 66.4 Å². The van der Waals surface area contributed by atoms with Crippen molar-refractivity contribution in [2.75, 3.05) is 12.9 Å². The molecule has 5 heteroatoms. The molecule has 2 atom stereocenters. The van der Waals surface area contributed by atoms with Crippen LogP contribution in [0.3, 0.4) is 0 Å². The van der Waals surface area contributed by atoms with Crippen LogP contribution in [-0.4, -0.2) is 32.4 Å². The highest BCUT2D eigenvalue weighted by atomic mass is 32.2. The molecule has 78 valence electrons. The lowest BCUT2D eigenvalue weighted by Crippen LogP contribution is -2.42. The van der Waals surface area contributed by atoms with Crippen molar-refractivity contribution in [3.63, 3.8) is 0 Å². The average Bonchev–Trinajstić information content (AvgIpc) is 2.02. The molecule has 0 aromatic rings. The molecule has 0 aromatic carbocycles. The summed E-state index contributed by atoms with van der Waals surface area (Å²) in [7, 11) is -3.13. The first-order valence-electron chi connectivity index (χ1n) is 4.61. The largest absolute Gasteiger partial charge is 0.396 e. The minimum absolute atomic E-state index is 0.0613. The van der Waals surface area contributed by atoms with E-state index in [0.717, 1.165) is 31.9 Å². The minimum atomic E-state index is -3.13. The predicted octanol–water partition coefficient (Wildman–Crippen LogP) is 0.0867. The fourth-order valence-corrected chi connectivity index (χ4v) is 2.72. The molecule has 1 rings (SSSR count). The quantitative estimate of drug-likeness (QED) is 0.689. The number of hydrogen-bond donors (Lipinski definition) is 2. The van der Waals surface area contributed by atoms with Crippen molar-refractivity contribution in [2.24, 2.45) is 5.92 Å². The molecule has 13 heavy (non-hydrogen) atoms. The van der Waals surface area contributed by atoms with E-state index in [2.05, 4.69) is 4.72 Å². The molecule has 0 bridgehead atoms. The van der Waals surface area contributed by atoms with Gasteiger partial charge >= 0.3 is 0 Å². The highest BCUT2D eigenvalue weighted by molar-refractivity contribution is 7.88. The van der Waals surface area contributed by atoms with E-state index in [1.807, 2.05) is 0 Å². The van der Waals surface area contributed by atoms with Gasteiger partial charge in [0.05, 0.1) is 6.26 Å². The number of nitrogens with one attached hydrogen (secondary N) is 1. The zero-order valence-corrected chi connectivity index (χ0v) is 8.68. The van der Waals surface area contributed by atoms with Crippen LogP contribution in [0.15, 0.2) is 0 Å². The lowest BCUT2D eigenvalue weighted by molar-refractivity contribution is 0.164. The third-order valence-electron chi connectivity index (χ3n) is 2.51. The Bertz CT molecular complexity index is 250. The molecule has 0 aliphatic heterocycles. The van der Waals surface area contributed by atoms with Gasteiger partial charge in [-0.2, -0.15) is 0 Å². The smallest absolute Gasteiger partial charge is 0.208 e. The van der Waals surface area contributed by atoms with Gasteiger partial charge in [-0.3, -0.25) is 0 Å². The summed E-state index contributed by atoms with van der Waals surface area (Å²) in [5, 5.41) is 9.02. The van der Waals surface area contributed by atoms with Crippen LogP contribution in [0.25, 0.3) is 0 Å². The van der Waals surface area contributed by atoms with E-state index in [4.69, 9.17) is 5.11 Å². The van der Waals surface area contributed by atoms with Crippen LogP contribution < -0.4 is 4.72 Å². The number of aliphatic hydroxyl groups excluding tert-OH is 1. The normalized spacial score (nSPS) is 30.3. The van der Waals surface area contributed by atoms with Gasteiger partial charge in [0.1, 0.15) is 0 Å². The monoisotopic (exact) mass is 207 g/mol. The van der Waals surface area contributed by atoms with Gasteiger partial charge in [-0.1, -0.05) is 12.8 Å². The molecule has 0 amide bonds. The van der Waals surface area contributed by atoms with E-state index in [1.54, 1.807) is 0 Å². The SMILES string of the molecule is CS(=O)(=O)NC1CCCCC1CO. The number of rotatable bonds is 3. The Morgan fingerprint density at radius 2 is 2.00 bits per heavy atom. The Balaban J connectivity index is 2.55. The van der Waals surface area contributed by atoms with E-state index in [9.17, 15) is 8.42 Å². The van der Waals surface area contributed by atoms with Gasteiger partial charge < -0.3 is 5.11 Å². The van der Waals surface area contributed by atoms with E-state index >= 15 is 0 Å². The molecule has 0 radical (unpaired) electrons. The second-order valence-corrected chi connectivity index (χ2v) is 5.50. The second kappa shape index (κ2) is 4.39. The van der Waals surface area contributed by atoms with Crippen LogP contribution in [-0.2, 0) is 10.0 Å². The summed E-state index contributed by atoms with van der Waals surface area (Å²) in [6, 6.07) is -0.0613. The molecule has 4 nitrogen and oxygen atoms in total. The highest BCUT2D eigenvalue weighted by Gasteiger charge is 2.26. The van der Waals surface area contributed by atoms with Gasteiger partial charge in [0.2, 0.25) is 10.0 Å². The van der Waals surface area contributed by atoms with Crippen molar-refractivity contribution in [2.45, 2.75) is 31.7 Å². The third kappa shape index (κ3) is 3.62. The van der Waals surface area contributed by atoms with Crippen molar-refractivity contribution in [1.29, 1.82) is 0 Å². The van der Waals surface area contributed by atoms with Gasteiger partial charge in [0.25, 0.3) is 0 Å². The summed E-state index contributed by atoms with van der Waals surface area (Å²) in [6.07, 6.45) is 5.06. The maximum Gasteiger partial charge on any atom is 0.208 e. The maximum absolute atomic E-state index is 11.0. The average molecular weight is 207 g/mol. The Labute approximate surface area is 79.4 Å². The second-order valence-electron chi connectivity index (χ2n) is 3.72. The third-order valence-corrected chi connectivity index (χ3v) is 3.24. The van der Waals surface area contributed by atoms with E-state index in [-0.39, 0.29) is 18.6 Å². The molecule has 1 aliphatic rings. The Hall–Kier alpha value is -0.130.